The third-order valence-electron chi connectivity index (χ3n) is 4.32. The summed E-state index contributed by atoms with van der Waals surface area (Å²) in [5.74, 6) is 0.668. The Kier molecular flexibility index (Phi) is 3.51. The number of carbonyl (C=O) groups is 3. The second-order valence-electron chi connectivity index (χ2n) is 5.96. The van der Waals surface area contributed by atoms with Crippen molar-refractivity contribution in [1.29, 1.82) is 0 Å². The molecule has 0 N–H and O–H groups in total. The zero-order valence-corrected chi connectivity index (χ0v) is 12.9. The van der Waals surface area contributed by atoms with Crippen molar-refractivity contribution < 1.29 is 28.6 Å². The maximum atomic E-state index is 12.6. The Labute approximate surface area is 137 Å². The fourth-order valence-corrected chi connectivity index (χ4v) is 3.08. The van der Waals surface area contributed by atoms with Crippen molar-refractivity contribution in [3.8, 4) is 11.5 Å². The molecule has 3 amide bonds. The summed E-state index contributed by atoms with van der Waals surface area (Å²) >= 11 is 0. The average molecular weight is 332 g/mol. The van der Waals surface area contributed by atoms with Gasteiger partial charge in [0.25, 0.3) is 11.8 Å². The van der Waals surface area contributed by atoms with Crippen LogP contribution in [0.3, 0.4) is 0 Å². The van der Waals surface area contributed by atoms with Gasteiger partial charge in [0.1, 0.15) is 13.2 Å². The lowest BCUT2D eigenvalue weighted by Gasteiger charge is -2.40. The summed E-state index contributed by atoms with van der Waals surface area (Å²) in [6.45, 7) is 1.95. The number of hydrogen-bond donors (Lipinski definition) is 0. The van der Waals surface area contributed by atoms with E-state index in [-0.39, 0.29) is 30.9 Å². The minimum atomic E-state index is -0.604. The van der Waals surface area contributed by atoms with Gasteiger partial charge in [0.05, 0.1) is 5.56 Å². The minimum absolute atomic E-state index is 0.0697. The Morgan fingerprint density at radius 2 is 1.92 bits per heavy atom. The lowest BCUT2D eigenvalue weighted by Crippen LogP contribution is -2.54. The van der Waals surface area contributed by atoms with Crippen molar-refractivity contribution in [2.45, 2.75) is 0 Å². The molecule has 0 saturated carbocycles. The van der Waals surface area contributed by atoms with E-state index < -0.39 is 6.09 Å². The van der Waals surface area contributed by atoms with E-state index in [1.165, 1.54) is 0 Å². The van der Waals surface area contributed by atoms with Crippen LogP contribution in [0.4, 0.5) is 4.79 Å². The average Bonchev–Trinajstić information content (AvgIpc) is 2.88. The molecule has 3 aliphatic heterocycles. The van der Waals surface area contributed by atoms with E-state index >= 15 is 0 Å². The number of likely N-dealkylation sites (tertiary alicyclic amines) is 1. The Balaban J connectivity index is 1.40. The molecule has 0 radical (unpaired) electrons. The first-order chi connectivity index (χ1) is 11.6. The predicted molar refractivity (Wildman–Crippen MR) is 79.9 cm³/mol. The van der Waals surface area contributed by atoms with E-state index in [4.69, 9.17) is 9.47 Å². The van der Waals surface area contributed by atoms with Gasteiger partial charge in [-0.3, -0.25) is 9.59 Å². The predicted octanol–water partition coefficient (Wildman–Crippen LogP) is 0.509. The normalized spacial score (nSPS) is 20.0. The zero-order chi connectivity index (χ0) is 16.7. The maximum absolute atomic E-state index is 12.6. The largest absolute Gasteiger partial charge is 0.486 e. The van der Waals surface area contributed by atoms with Crippen LogP contribution in [0.2, 0.25) is 0 Å². The Morgan fingerprint density at radius 3 is 2.67 bits per heavy atom. The first kappa shape index (κ1) is 14.8. The van der Waals surface area contributed by atoms with Crippen LogP contribution >= 0.6 is 0 Å². The van der Waals surface area contributed by atoms with Crippen LogP contribution in [-0.2, 0) is 9.53 Å². The van der Waals surface area contributed by atoms with E-state index in [9.17, 15) is 14.4 Å². The van der Waals surface area contributed by atoms with Crippen LogP contribution in [-0.4, -0.2) is 67.2 Å². The van der Waals surface area contributed by atoms with Crippen LogP contribution in [0.25, 0.3) is 0 Å². The van der Waals surface area contributed by atoms with Crippen molar-refractivity contribution in [3.05, 3.63) is 23.8 Å². The van der Waals surface area contributed by atoms with Gasteiger partial charge in [-0.05, 0) is 12.1 Å². The highest BCUT2D eigenvalue weighted by Gasteiger charge is 2.39. The molecule has 24 heavy (non-hydrogen) atoms. The summed E-state index contributed by atoms with van der Waals surface area (Å²) in [5, 5.41) is 0. The lowest BCUT2D eigenvalue weighted by atomic mass is 9.98. The SMILES string of the molecule is O=C(c1cccc2c1OCCO2)N1CC(CN2C(=O)COC2=O)C1. The Hall–Kier alpha value is -2.77. The fourth-order valence-electron chi connectivity index (χ4n) is 3.08. The zero-order valence-electron chi connectivity index (χ0n) is 12.9. The van der Waals surface area contributed by atoms with Crippen molar-refractivity contribution in [3.63, 3.8) is 0 Å². The third-order valence-corrected chi connectivity index (χ3v) is 4.32. The molecule has 1 aromatic carbocycles. The number of para-hydroxylation sites is 1. The number of benzene rings is 1. The number of fused-ring (bicyclic) bond motifs is 1. The monoisotopic (exact) mass is 332 g/mol. The summed E-state index contributed by atoms with van der Waals surface area (Å²) < 4.78 is 15.7. The first-order valence-electron chi connectivity index (χ1n) is 7.78. The van der Waals surface area contributed by atoms with Gasteiger partial charge in [-0.1, -0.05) is 6.07 Å². The van der Waals surface area contributed by atoms with Crippen LogP contribution < -0.4 is 9.47 Å². The van der Waals surface area contributed by atoms with E-state index in [0.717, 1.165) is 4.90 Å². The second kappa shape index (κ2) is 5.70. The highest BCUT2D eigenvalue weighted by atomic mass is 16.6. The van der Waals surface area contributed by atoms with Gasteiger partial charge in [0.15, 0.2) is 18.1 Å². The van der Waals surface area contributed by atoms with Crippen LogP contribution in [0.5, 0.6) is 11.5 Å². The molecule has 0 bridgehead atoms. The maximum Gasteiger partial charge on any atom is 0.417 e. The quantitative estimate of drug-likeness (QED) is 0.802. The van der Waals surface area contributed by atoms with E-state index in [1.54, 1.807) is 23.1 Å². The van der Waals surface area contributed by atoms with Gasteiger partial charge >= 0.3 is 6.09 Å². The van der Waals surface area contributed by atoms with E-state index in [0.29, 0.717) is 43.4 Å². The van der Waals surface area contributed by atoms with Gasteiger partial charge in [-0.2, -0.15) is 0 Å². The molecule has 0 aliphatic carbocycles. The van der Waals surface area contributed by atoms with Crippen molar-refractivity contribution >= 4 is 17.9 Å². The molecule has 0 spiro atoms. The second-order valence-corrected chi connectivity index (χ2v) is 5.96. The molecular formula is C16H16N2O6. The number of imide groups is 1. The number of rotatable bonds is 3. The topological polar surface area (TPSA) is 85.4 Å². The van der Waals surface area contributed by atoms with Crippen molar-refractivity contribution in [1.82, 2.24) is 9.80 Å². The Bertz CT molecular complexity index is 697. The minimum Gasteiger partial charge on any atom is -0.486 e. The molecule has 1 aromatic rings. The Morgan fingerprint density at radius 1 is 1.12 bits per heavy atom. The number of amides is 3. The molecule has 3 aliphatic rings. The van der Waals surface area contributed by atoms with Crippen LogP contribution in [0.15, 0.2) is 18.2 Å². The highest BCUT2D eigenvalue weighted by molar-refractivity contribution is 5.99. The molecular weight excluding hydrogens is 316 g/mol. The molecule has 2 fully saturated rings. The van der Waals surface area contributed by atoms with Crippen molar-refractivity contribution in [2.24, 2.45) is 5.92 Å². The first-order valence-corrected chi connectivity index (χ1v) is 7.78. The molecule has 4 rings (SSSR count). The summed E-state index contributed by atoms with van der Waals surface area (Å²) in [6, 6.07) is 5.25. The van der Waals surface area contributed by atoms with Crippen LogP contribution in [0, 0.1) is 5.92 Å². The molecule has 8 heteroatoms. The highest BCUT2D eigenvalue weighted by Crippen LogP contribution is 2.35. The third kappa shape index (κ3) is 2.44. The number of hydrogen-bond acceptors (Lipinski definition) is 6. The standard InChI is InChI=1S/C16H16N2O6/c19-13-9-24-16(21)18(13)8-10-6-17(7-10)15(20)11-2-1-3-12-14(11)23-5-4-22-12/h1-3,10H,4-9H2. The van der Waals surface area contributed by atoms with Gasteiger partial charge in [-0.15, -0.1) is 0 Å². The van der Waals surface area contributed by atoms with E-state index in [1.807, 2.05) is 0 Å². The van der Waals surface area contributed by atoms with Crippen LogP contribution in [0.1, 0.15) is 10.4 Å². The number of cyclic esters (lactones) is 1. The van der Waals surface area contributed by atoms with Gasteiger partial charge in [0, 0.05) is 25.6 Å². The van der Waals surface area contributed by atoms with E-state index in [2.05, 4.69) is 4.74 Å². The number of carbonyl (C=O) groups excluding carboxylic acids is 3. The lowest BCUT2D eigenvalue weighted by molar-refractivity contribution is -0.126. The molecule has 2 saturated heterocycles. The molecule has 3 heterocycles. The fraction of sp³-hybridized carbons (Fsp3) is 0.438. The van der Waals surface area contributed by atoms with Gasteiger partial charge < -0.3 is 19.1 Å². The summed E-state index contributed by atoms with van der Waals surface area (Å²) in [4.78, 5) is 38.4. The summed E-state index contributed by atoms with van der Waals surface area (Å²) in [7, 11) is 0. The number of ether oxygens (including phenoxy) is 3. The smallest absolute Gasteiger partial charge is 0.417 e. The molecule has 126 valence electrons. The molecule has 0 aromatic heterocycles. The number of nitrogens with zero attached hydrogens (tertiary/aromatic N) is 2. The summed E-state index contributed by atoms with van der Waals surface area (Å²) in [5.41, 5.74) is 0.474. The molecule has 0 atom stereocenters. The van der Waals surface area contributed by atoms with Gasteiger partial charge in [-0.25, -0.2) is 9.69 Å². The van der Waals surface area contributed by atoms with Crippen molar-refractivity contribution in [2.75, 3.05) is 39.5 Å². The molecule has 0 unspecified atom stereocenters. The summed E-state index contributed by atoms with van der Waals surface area (Å²) in [6.07, 6.45) is -0.604. The van der Waals surface area contributed by atoms with Gasteiger partial charge in [0.2, 0.25) is 0 Å². The molecule has 8 nitrogen and oxygen atoms in total.